The fraction of sp³-hybridized carbons (Fsp3) is 0.227. The van der Waals surface area contributed by atoms with Crippen molar-refractivity contribution in [3.05, 3.63) is 83.2 Å². The third kappa shape index (κ3) is 5.14. The Hall–Kier alpha value is -3.21. The van der Waals surface area contributed by atoms with E-state index in [0.717, 1.165) is 24.1 Å². The minimum Gasteiger partial charge on any atom is -0.352 e. The number of nitrogens with zero attached hydrogens (tertiary/aromatic N) is 2. The molecule has 2 N–H and O–H groups in total. The molecule has 27 heavy (non-hydrogen) atoms. The molecule has 5 nitrogen and oxygen atoms in total. The topological polar surface area (TPSA) is 66.9 Å². The van der Waals surface area contributed by atoms with Gasteiger partial charge in [-0.1, -0.05) is 42.5 Å². The Bertz CT molecular complexity index is 892. The second-order valence-electron chi connectivity index (χ2n) is 6.51. The molecular weight excluding hydrogens is 336 g/mol. The van der Waals surface area contributed by atoms with E-state index in [1.807, 2.05) is 30.3 Å². The Balaban J connectivity index is 1.50. The molecule has 2 aromatic carbocycles. The molecule has 0 atom stereocenters. The summed E-state index contributed by atoms with van der Waals surface area (Å²) in [6.07, 6.45) is 4.93. The van der Waals surface area contributed by atoms with E-state index in [1.165, 1.54) is 11.1 Å². The lowest BCUT2D eigenvalue weighted by Gasteiger charge is -2.10. The highest BCUT2D eigenvalue weighted by molar-refractivity contribution is 5.93. The summed E-state index contributed by atoms with van der Waals surface area (Å²) in [5, 5.41) is 6.11. The number of carbonyl (C=O) groups is 1. The summed E-state index contributed by atoms with van der Waals surface area (Å²) in [7, 11) is 0. The standard InChI is InChI=1S/C22H24N4O/c1-16-8-6-12-20(17(16)2)26-22-24-14-19(15-25-22)21(27)23-13-7-11-18-9-4-3-5-10-18/h3-6,8-10,12,14-15H,7,11,13H2,1-2H3,(H,23,27)(H,24,25,26). The zero-order valence-corrected chi connectivity index (χ0v) is 15.7. The van der Waals surface area contributed by atoms with Crippen LogP contribution in [0.1, 0.15) is 33.5 Å². The highest BCUT2D eigenvalue weighted by atomic mass is 16.1. The van der Waals surface area contributed by atoms with Crippen LogP contribution in [0.25, 0.3) is 0 Å². The van der Waals surface area contributed by atoms with Gasteiger partial charge in [-0.2, -0.15) is 0 Å². The van der Waals surface area contributed by atoms with Gasteiger partial charge in [-0.05, 0) is 49.4 Å². The van der Waals surface area contributed by atoms with E-state index in [4.69, 9.17) is 0 Å². The maximum atomic E-state index is 12.2. The van der Waals surface area contributed by atoms with Gasteiger partial charge in [0, 0.05) is 24.6 Å². The molecular formula is C22H24N4O. The van der Waals surface area contributed by atoms with Gasteiger partial charge in [0.2, 0.25) is 5.95 Å². The molecule has 0 unspecified atom stereocenters. The molecule has 0 bridgehead atoms. The normalized spacial score (nSPS) is 10.4. The largest absolute Gasteiger partial charge is 0.352 e. The number of amides is 1. The van der Waals surface area contributed by atoms with Crippen molar-refractivity contribution in [1.82, 2.24) is 15.3 Å². The molecule has 0 spiro atoms. The van der Waals surface area contributed by atoms with Gasteiger partial charge in [-0.3, -0.25) is 4.79 Å². The quantitative estimate of drug-likeness (QED) is 0.620. The molecule has 0 saturated carbocycles. The van der Waals surface area contributed by atoms with Crippen molar-refractivity contribution in [2.45, 2.75) is 26.7 Å². The van der Waals surface area contributed by atoms with E-state index in [-0.39, 0.29) is 5.91 Å². The summed E-state index contributed by atoms with van der Waals surface area (Å²) in [5.41, 5.74) is 5.05. The van der Waals surface area contributed by atoms with Crippen LogP contribution in [0.5, 0.6) is 0 Å². The first-order valence-corrected chi connectivity index (χ1v) is 9.11. The Morgan fingerprint density at radius 1 is 0.963 bits per heavy atom. The lowest BCUT2D eigenvalue weighted by Crippen LogP contribution is -2.25. The number of hydrogen-bond donors (Lipinski definition) is 2. The molecule has 0 aliphatic carbocycles. The third-order valence-electron chi connectivity index (χ3n) is 4.54. The minimum atomic E-state index is -0.152. The van der Waals surface area contributed by atoms with Gasteiger partial charge in [0.15, 0.2) is 0 Å². The maximum absolute atomic E-state index is 12.2. The average Bonchev–Trinajstić information content (AvgIpc) is 2.70. The van der Waals surface area contributed by atoms with Crippen LogP contribution in [0.4, 0.5) is 11.6 Å². The first-order chi connectivity index (χ1) is 13.1. The molecule has 0 fully saturated rings. The SMILES string of the molecule is Cc1cccc(Nc2ncc(C(=O)NCCCc3ccccc3)cn2)c1C. The van der Waals surface area contributed by atoms with Crippen LogP contribution in [0.15, 0.2) is 60.9 Å². The molecule has 1 heterocycles. The van der Waals surface area contributed by atoms with Crippen molar-refractivity contribution in [1.29, 1.82) is 0 Å². The second-order valence-corrected chi connectivity index (χ2v) is 6.51. The summed E-state index contributed by atoms with van der Waals surface area (Å²) < 4.78 is 0. The first-order valence-electron chi connectivity index (χ1n) is 9.11. The molecule has 0 aliphatic rings. The Labute approximate surface area is 159 Å². The predicted molar refractivity (Wildman–Crippen MR) is 108 cm³/mol. The molecule has 1 amide bonds. The molecule has 0 radical (unpaired) electrons. The zero-order valence-electron chi connectivity index (χ0n) is 15.7. The van der Waals surface area contributed by atoms with Crippen molar-refractivity contribution in [2.24, 2.45) is 0 Å². The third-order valence-corrected chi connectivity index (χ3v) is 4.54. The summed E-state index contributed by atoms with van der Waals surface area (Å²) in [5.74, 6) is 0.325. The smallest absolute Gasteiger partial charge is 0.254 e. The van der Waals surface area contributed by atoms with Crippen LogP contribution in [-0.4, -0.2) is 22.4 Å². The predicted octanol–water partition coefficient (Wildman–Crippen LogP) is 4.20. The highest BCUT2D eigenvalue weighted by Gasteiger charge is 2.08. The molecule has 5 heteroatoms. The Morgan fingerprint density at radius 2 is 1.70 bits per heavy atom. The summed E-state index contributed by atoms with van der Waals surface area (Å²) in [4.78, 5) is 20.7. The van der Waals surface area contributed by atoms with Gasteiger partial charge in [0.1, 0.15) is 0 Å². The van der Waals surface area contributed by atoms with Crippen molar-refractivity contribution < 1.29 is 4.79 Å². The molecule has 3 rings (SSSR count). The van der Waals surface area contributed by atoms with Crippen LogP contribution >= 0.6 is 0 Å². The number of aromatic nitrogens is 2. The van der Waals surface area contributed by atoms with Gasteiger partial charge in [-0.25, -0.2) is 9.97 Å². The Morgan fingerprint density at radius 3 is 2.44 bits per heavy atom. The number of nitrogens with one attached hydrogen (secondary N) is 2. The van der Waals surface area contributed by atoms with E-state index in [1.54, 1.807) is 12.4 Å². The van der Waals surface area contributed by atoms with Crippen molar-refractivity contribution in [3.8, 4) is 0 Å². The van der Waals surface area contributed by atoms with E-state index >= 15 is 0 Å². The van der Waals surface area contributed by atoms with Gasteiger partial charge in [0.05, 0.1) is 5.56 Å². The van der Waals surface area contributed by atoms with E-state index in [9.17, 15) is 4.79 Å². The number of anilines is 2. The minimum absolute atomic E-state index is 0.152. The monoisotopic (exact) mass is 360 g/mol. The summed E-state index contributed by atoms with van der Waals surface area (Å²) in [6.45, 7) is 4.73. The van der Waals surface area contributed by atoms with Gasteiger partial charge in [0.25, 0.3) is 5.91 Å². The van der Waals surface area contributed by atoms with E-state index in [0.29, 0.717) is 18.1 Å². The fourth-order valence-corrected chi connectivity index (χ4v) is 2.76. The zero-order chi connectivity index (χ0) is 19.1. The van der Waals surface area contributed by atoms with Crippen LogP contribution in [0.3, 0.4) is 0 Å². The van der Waals surface area contributed by atoms with Crippen molar-refractivity contribution in [3.63, 3.8) is 0 Å². The number of benzene rings is 2. The van der Waals surface area contributed by atoms with E-state index < -0.39 is 0 Å². The molecule has 0 saturated heterocycles. The number of hydrogen-bond acceptors (Lipinski definition) is 4. The van der Waals surface area contributed by atoms with Crippen LogP contribution in [0, 0.1) is 13.8 Å². The van der Waals surface area contributed by atoms with Crippen LogP contribution < -0.4 is 10.6 Å². The lowest BCUT2D eigenvalue weighted by atomic mass is 10.1. The van der Waals surface area contributed by atoms with Crippen LogP contribution in [0.2, 0.25) is 0 Å². The number of aryl methyl sites for hydroxylation is 2. The first kappa shape index (κ1) is 18.6. The highest BCUT2D eigenvalue weighted by Crippen LogP contribution is 2.20. The number of rotatable bonds is 7. The molecule has 3 aromatic rings. The Kier molecular flexibility index (Phi) is 6.15. The lowest BCUT2D eigenvalue weighted by molar-refractivity contribution is 0.0952. The summed E-state index contributed by atoms with van der Waals surface area (Å²) >= 11 is 0. The van der Waals surface area contributed by atoms with Gasteiger partial charge < -0.3 is 10.6 Å². The maximum Gasteiger partial charge on any atom is 0.254 e. The van der Waals surface area contributed by atoms with Crippen molar-refractivity contribution >= 4 is 17.5 Å². The van der Waals surface area contributed by atoms with Crippen LogP contribution in [-0.2, 0) is 6.42 Å². The molecule has 138 valence electrons. The van der Waals surface area contributed by atoms with E-state index in [2.05, 4.69) is 52.6 Å². The average molecular weight is 360 g/mol. The van der Waals surface area contributed by atoms with Gasteiger partial charge in [-0.15, -0.1) is 0 Å². The molecule has 0 aliphatic heterocycles. The summed E-state index contributed by atoms with van der Waals surface area (Å²) in [6, 6.07) is 16.3. The fourth-order valence-electron chi connectivity index (χ4n) is 2.76. The van der Waals surface area contributed by atoms with Crippen molar-refractivity contribution in [2.75, 3.05) is 11.9 Å². The van der Waals surface area contributed by atoms with Gasteiger partial charge >= 0.3 is 0 Å². The second kappa shape index (κ2) is 8.94. The number of carbonyl (C=O) groups excluding carboxylic acids is 1. The molecule has 1 aromatic heterocycles.